The monoisotopic (exact) mass is 482 g/mol. The van der Waals surface area contributed by atoms with Crippen LogP contribution in [-0.2, 0) is 10.0 Å². The van der Waals surface area contributed by atoms with Crippen molar-refractivity contribution < 1.29 is 17.9 Å². The Morgan fingerprint density at radius 1 is 1.19 bits per heavy atom. The third kappa shape index (κ3) is 5.29. The van der Waals surface area contributed by atoms with Crippen LogP contribution in [0.3, 0.4) is 0 Å². The number of fused-ring (bicyclic) bond motifs is 1. The van der Waals surface area contributed by atoms with Gasteiger partial charge in [0.15, 0.2) is 5.78 Å². The average Bonchev–Trinajstić information content (AvgIpc) is 3.04. The number of sulfonamides is 1. The number of nitrogens with zero attached hydrogens (tertiary/aromatic N) is 1. The SMILES string of the molecule is COc1ccc2c(c1)=C(CCNS(=O)(=O)CCCCl)C(C)(C(=O)c1ccc(Cl)cc1)N=2. The lowest BCUT2D eigenvalue weighted by Gasteiger charge is -2.24. The van der Waals surface area contributed by atoms with Gasteiger partial charge in [0.05, 0.1) is 18.2 Å². The second kappa shape index (κ2) is 9.69. The van der Waals surface area contributed by atoms with Crippen LogP contribution in [-0.4, -0.2) is 45.0 Å². The molecule has 0 bridgehead atoms. The average molecular weight is 483 g/mol. The molecular formula is C22H24Cl2N2O4S. The number of benzene rings is 2. The van der Waals surface area contributed by atoms with E-state index in [1.54, 1.807) is 50.4 Å². The lowest BCUT2D eigenvalue weighted by molar-refractivity contribution is 0.0936. The smallest absolute Gasteiger partial charge is 0.211 e. The Labute approximate surface area is 192 Å². The van der Waals surface area contributed by atoms with Crippen molar-refractivity contribution in [3.05, 3.63) is 63.6 Å². The Morgan fingerprint density at radius 2 is 1.90 bits per heavy atom. The van der Waals surface area contributed by atoms with Gasteiger partial charge in [-0.2, -0.15) is 0 Å². The first-order valence-electron chi connectivity index (χ1n) is 9.81. The van der Waals surface area contributed by atoms with E-state index in [0.717, 1.165) is 10.8 Å². The largest absolute Gasteiger partial charge is 0.497 e. The fourth-order valence-corrected chi connectivity index (χ4v) is 5.15. The van der Waals surface area contributed by atoms with E-state index in [-0.39, 0.29) is 24.0 Å². The molecule has 31 heavy (non-hydrogen) atoms. The quantitative estimate of drug-likeness (QED) is 0.416. The van der Waals surface area contributed by atoms with Gasteiger partial charge in [0.1, 0.15) is 11.3 Å². The maximum absolute atomic E-state index is 13.5. The molecule has 1 atom stereocenters. The van der Waals surface area contributed by atoms with E-state index in [0.29, 0.717) is 34.5 Å². The van der Waals surface area contributed by atoms with Gasteiger partial charge in [-0.1, -0.05) is 11.6 Å². The molecule has 166 valence electrons. The predicted octanol–water partition coefficient (Wildman–Crippen LogP) is 2.71. The van der Waals surface area contributed by atoms with Crippen LogP contribution >= 0.6 is 23.2 Å². The Hall–Kier alpha value is -1.93. The highest BCUT2D eigenvalue weighted by atomic mass is 35.5. The second-order valence-corrected chi connectivity index (χ2v) is 10.1. The molecule has 2 aromatic carbocycles. The minimum absolute atomic E-state index is 0.0401. The van der Waals surface area contributed by atoms with Gasteiger partial charge in [-0.25, -0.2) is 13.1 Å². The van der Waals surface area contributed by atoms with Crippen LogP contribution in [0.25, 0.3) is 5.57 Å². The molecule has 0 radical (unpaired) electrons. The number of ether oxygens (including phenoxy) is 1. The molecular weight excluding hydrogens is 459 g/mol. The van der Waals surface area contributed by atoms with E-state index in [1.165, 1.54) is 0 Å². The molecule has 1 aliphatic heterocycles. The summed E-state index contributed by atoms with van der Waals surface area (Å²) in [5, 5.41) is 1.99. The molecule has 0 spiro atoms. The van der Waals surface area contributed by atoms with Crippen molar-refractivity contribution >= 4 is 44.6 Å². The number of hydrogen-bond donors (Lipinski definition) is 1. The summed E-state index contributed by atoms with van der Waals surface area (Å²) in [5.41, 5.74) is 0.0569. The fraction of sp³-hybridized carbons (Fsp3) is 0.364. The summed E-state index contributed by atoms with van der Waals surface area (Å²) in [6.07, 6.45) is 0.690. The van der Waals surface area contributed by atoms with Crippen LogP contribution in [0.4, 0.5) is 0 Å². The summed E-state index contributed by atoms with van der Waals surface area (Å²) in [5.74, 6) is 0.691. The molecule has 2 aromatic rings. The zero-order valence-corrected chi connectivity index (χ0v) is 19.6. The summed E-state index contributed by atoms with van der Waals surface area (Å²) in [6.45, 7) is 1.91. The number of nitrogens with one attached hydrogen (secondary N) is 1. The number of carbonyl (C=O) groups excluding carboxylic acids is 1. The van der Waals surface area contributed by atoms with Crippen LogP contribution in [0.1, 0.15) is 30.1 Å². The normalized spacial score (nSPS) is 17.9. The summed E-state index contributed by atoms with van der Waals surface area (Å²) in [4.78, 5) is 18.2. The molecule has 0 fully saturated rings. The molecule has 0 aliphatic carbocycles. The van der Waals surface area contributed by atoms with Crippen molar-refractivity contribution in [1.29, 1.82) is 0 Å². The maximum Gasteiger partial charge on any atom is 0.211 e. The highest BCUT2D eigenvalue weighted by molar-refractivity contribution is 7.89. The van der Waals surface area contributed by atoms with Gasteiger partial charge in [-0.05, 0) is 67.8 Å². The van der Waals surface area contributed by atoms with E-state index < -0.39 is 15.6 Å². The molecule has 9 heteroatoms. The van der Waals surface area contributed by atoms with Crippen molar-refractivity contribution in [3.8, 4) is 5.75 Å². The van der Waals surface area contributed by atoms with Crippen LogP contribution in [0.5, 0.6) is 5.75 Å². The van der Waals surface area contributed by atoms with Gasteiger partial charge in [0.25, 0.3) is 0 Å². The number of halogens is 2. The molecule has 0 saturated heterocycles. The molecule has 0 amide bonds. The van der Waals surface area contributed by atoms with Crippen LogP contribution in [0.2, 0.25) is 5.02 Å². The Morgan fingerprint density at radius 3 is 2.55 bits per heavy atom. The predicted molar refractivity (Wildman–Crippen MR) is 123 cm³/mol. The number of alkyl halides is 1. The molecule has 1 heterocycles. The van der Waals surface area contributed by atoms with E-state index in [4.69, 9.17) is 32.9 Å². The van der Waals surface area contributed by atoms with Crippen molar-refractivity contribution in [2.75, 3.05) is 25.3 Å². The molecule has 1 N–H and O–H groups in total. The van der Waals surface area contributed by atoms with Gasteiger partial charge >= 0.3 is 0 Å². The molecule has 0 saturated carbocycles. The molecule has 1 unspecified atom stereocenters. The van der Waals surface area contributed by atoms with E-state index in [1.807, 2.05) is 6.07 Å². The number of Topliss-reactive ketones (excluding diaryl/α,β-unsaturated/α-hetero) is 1. The lowest BCUT2D eigenvalue weighted by atomic mass is 9.83. The first-order chi connectivity index (χ1) is 14.7. The Kier molecular flexibility index (Phi) is 7.42. The number of ketones is 1. The number of methoxy groups -OCH3 is 1. The number of rotatable bonds is 10. The zero-order valence-electron chi connectivity index (χ0n) is 17.3. The maximum atomic E-state index is 13.5. The first kappa shape index (κ1) is 23.7. The minimum atomic E-state index is -3.44. The Bertz CT molecular complexity index is 1200. The summed E-state index contributed by atoms with van der Waals surface area (Å²) < 4.78 is 32.2. The van der Waals surface area contributed by atoms with E-state index >= 15 is 0 Å². The molecule has 3 rings (SSSR count). The third-order valence-electron chi connectivity index (χ3n) is 5.25. The number of carbonyl (C=O) groups is 1. The fourth-order valence-electron chi connectivity index (χ4n) is 3.65. The number of hydrogen-bond acceptors (Lipinski definition) is 5. The standard InChI is InChI=1S/C22H24Cl2N2O4S/c1-22(21(27)15-4-6-16(24)7-5-15)19(10-12-25-31(28,29)13-3-11-23)18-14-17(30-2)8-9-20(18)26-22/h4-9,14,25H,3,10-13H2,1-2H3. The van der Waals surface area contributed by atoms with Crippen LogP contribution < -0.4 is 20.0 Å². The minimum Gasteiger partial charge on any atom is -0.497 e. The van der Waals surface area contributed by atoms with Crippen molar-refractivity contribution in [2.45, 2.75) is 25.3 Å². The first-order valence-corrected chi connectivity index (χ1v) is 12.4. The van der Waals surface area contributed by atoms with E-state index in [2.05, 4.69) is 4.72 Å². The lowest BCUT2D eigenvalue weighted by Crippen LogP contribution is -2.37. The van der Waals surface area contributed by atoms with Gasteiger partial charge in [0, 0.05) is 28.2 Å². The van der Waals surface area contributed by atoms with Crippen LogP contribution in [0.15, 0.2) is 47.5 Å². The van der Waals surface area contributed by atoms with Gasteiger partial charge in [-0.3, -0.25) is 9.79 Å². The van der Waals surface area contributed by atoms with Crippen LogP contribution in [0, 0.1) is 0 Å². The van der Waals surface area contributed by atoms with Gasteiger partial charge in [-0.15, -0.1) is 11.6 Å². The van der Waals surface area contributed by atoms with Gasteiger partial charge < -0.3 is 4.74 Å². The summed E-state index contributed by atoms with van der Waals surface area (Å²) >= 11 is 11.6. The Balaban J connectivity index is 1.98. The molecule has 1 aliphatic rings. The summed E-state index contributed by atoms with van der Waals surface area (Å²) in [6, 6.07) is 12.1. The third-order valence-corrected chi connectivity index (χ3v) is 7.24. The molecule has 6 nitrogen and oxygen atoms in total. The highest BCUT2D eigenvalue weighted by Crippen LogP contribution is 2.31. The molecule has 0 aromatic heterocycles. The van der Waals surface area contributed by atoms with Crippen molar-refractivity contribution in [2.24, 2.45) is 4.99 Å². The second-order valence-electron chi connectivity index (χ2n) is 7.39. The highest BCUT2D eigenvalue weighted by Gasteiger charge is 2.40. The van der Waals surface area contributed by atoms with Crippen molar-refractivity contribution in [3.63, 3.8) is 0 Å². The summed E-state index contributed by atoms with van der Waals surface area (Å²) in [7, 11) is -1.88. The zero-order chi connectivity index (χ0) is 22.6. The van der Waals surface area contributed by atoms with Crippen molar-refractivity contribution in [1.82, 2.24) is 4.72 Å². The topological polar surface area (TPSA) is 84.8 Å². The van der Waals surface area contributed by atoms with Gasteiger partial charge in [0.2, 0.25) is 10.0 Å². The van der Waals surface area contributed by atoms with E-state index in [9.17, 15) is 13.2 Å².